The molecule has 0 radical (unpaired) electrons. The smallest absolute Gasteiger partial charge is 0.141 e. The summed E-state index contributed by atoms with van der Waals surface area (Å²) in [5.74, 6) is 2.53. The molecule has 1 N–H and O–H groups in total. The summed E-state index contributed by atoms with van der Waals surface area (Å²) in [4.78, 5) is 0. The highest BCUT2D eigenvalue weighted by Gasteiger charge is 2.50. The first-order valence-corrected chi connectivity index (χ1v) is 9.26. The lowest BCUT2D eigenvalue weighted by Gasteiger charge is -2.56. The monoisotopic (exact) mass is 333 g/mol. The van der Waals surface area contributed by atoms with Gasteiger partial charge in [0.1, 0.15) is 5.75 Å². The molecule has 25 heavy (non-hydrogen) atoms. The Labute approximate surface area is 150 Å². The number of anilines is 1. The van der Waals surface area contributed by atoms with Crippen LogP contribution in [0.25, 0.3) is 11.1 Å². The second kappa shape index (κ2) is 6.25. The lowest BCUT2D eigenvalue weighted by Crippen LogP contribution is -2.49. The van der Waals surface area contributed by atoms with Crippen LogP contribution >= 0.6 is 0 Å². The van der Waals surface area contributed by atoms with Crippen LogP contribution in [0, 0.1) is 17.3 Å². The molecule has 2 aromatic carbocycles. The summed E-state index contributed by atoms with van der Waals surface area (Å²) >= 11 is 0. The molecular formula is C23H27NO. The Morgan fingerprint density at radius 3 is 2.56 bits per heavy atom. The molecule has 0 aromatic heterocycles. The van der Waals surface area contributed by atoms with Gasteiger partial charge in [0.25, 0.3) is 0 Å². The number of fused-ring (bicyclic) bond motifs is 1. The van der Waals surface area contributed by atoms with Crippen LogP contribution in [0.4, 0.5) is 5.69 Å². The number of hydrogen-bond donors (Lipinski definition) is 1. The summed E-state index contributed by atoms with van der Waals surface area (Å²) in [6.07, 6.45) is 5.06. The van der Waals surface area contributed by atoms with Gasteiger partial charge in [-0.25, -0.2) is 0 Å². The number of benzene rings is 2. The van der Waals surface area contributed by atoms with Crippen molar-refractivity contribution in [3.05, 3.63) is 60.2 Å². The number of hydrogen-bond acceptors (Lipinski definition) is 2. The van der Waals surface area contributed by atoms with E-state index in [9.17, 15) is 0 Å². The van der Waals surface area contributed by atoms with Gasteiger partial charge in [-0.05, 0) is 53.4 Å². The van der Waals surface area contributed by atoms with Crippen LogP contribution in [-0.4, -0.2) is 13.7 Å². The van der Waals surface area contributed by atoms with Crippen molar-refractivity contribution < 1.29 is 4.74 Å². The molecule has 0 amide bonds. The normalized spacial score (nSPS) is 23.4. The van der Waals surface area contributed by atoms with Crippen LogP contribution in [0.2, 0.25) is 0 Å². The molecule has 0 unspecified atom stereocenters. The average Bonchev–Trinajstić information content (AvgIpc) is 2.66. The average molecular weight is 333 g/mol. The fourth-order valence-electron chi connectivity index (χ4n) is 4.53. The van der Waals surface area contributed by atoms with E-state index in [4.69, 9.17) is 4.74 Å². The van der Waals surface area contributed by atoms with Crippen molar-refractivity contribution in [2.45, 2.75) is 26.7 Å². The van der Waals surface area contributed by atoms with Gasteiger partial charge < -0.3 is 10.1 Å². The van der Waals surface area contributed by atoms with Crippen LogP contribution in [0.3, 0.4) is 0 Å². The Hall–Kier alpha value is -2.22. The molecule has 0 heterocycles. The Bertz CT molecular complexity index is 791. The van der Waals surface area contributed by atoms with Gasteiger partial charge in [-0.2, -0.15) is 0 Å². The molecule has 130 valence electrons. The van der Waals surface area contributed by atoms with E-state index in [0.717, 1.165) is 29.8 Å². The molecule has 0 spiro atoms. The fraction of sp³-hybridized carbons (Fsp3) is 0.391. The summed E-state index contributed by atoms with van der Waals surface area (Å²) < 4.78 is 5.57. The minimum Gasteiger partial charge on any atom is -0.495 e. The standard InChI is InChI=1S/C23H27NO/c1-23(2)19-11-9-18(20(23)14-19)15-24-21-13-17(10-12-22(21)25-3)16-7-5-4-6-8-16/h4-10,12-13,19-20,24H,11,14-15H2,1-3H3/t19-,20-/m0/s1. The second-order valence-corrected chi connectivity index (χ2v) is 7.96. The lowest BCUT2D eigenvalue weighted by molar-refractivity contribution is -0.00630. The predicted molar refractivity (Wildman–Crippen MR) is 105 cm³/mol. The molecule has 3 aliphatic carbocycles. The van der Waals surface area contributed by atoms with Crippen LogP contribution < -0.4 is 10.1 Å². The van der Waals surface area contributed by atoms with Gasteiger partial charge in [-0.3, -0.25) is 0 Å². The van der Waals surface area contributed by atoms with E-state index in [1.165, 1.54) is 24.0 Å². The van der Waals surface area contributed by atoms with Crippen molar-refractivity contribution in [3.8, 4) is 16.9 Å². The highest BCUT2D eigenvalue weighted by Crippen LogP contribution is 2.59. The van der Waals surface area contributed by atoms with E-state index >= 15 is 0 Å². The van der Waals surface area contributed by atoms with E-state index < -0.39 is 0 Å². The predicted octanol–water partition coefficient (Wildman–Crippen LogP) is 5.77. The molecule has 0 saturated heterocycles. The van der Waals surface area contributed by atoms with Crippen molar-refractivity contribution in [2.75, 3.05) is 19.0 Å². The second-order valence-electron chi connectivity index (χ2n) is 7.96. The summed E-state index contributed by atoms with van der Waals surface area (Å²) in [5.41, 5.74) is 5.56. The quantitative estimate of drug-likeness (QED) is 0.702. The SMILES string of the molecule is COc1ccc(-c2ccccc2)cc1NCC1=CC[C@H]2C[C@@H]1C2(C)C. The van der Waals surface area contributed by atoms with Gasteiger partial charge in [-0.15, -0.1) is 0 Å². The van der Waals surface area contributed by atoms with Gasteiger partial charge >= 0.3 is 0 Å². The molecule has 2 bridgehead atoms. The molecule has 2 nitrogen and oxygen atoms in total. The van der Waals surface area contributed by atoms with Crippen molar-refractivity contribution in [2.24, 2.45) is 17.3 Å². The molecule has 1 fully saturated rings. The number of methoxy groups -OCH3 is 1. The molecule has 2 heteroatoms. The van der Waals surface area contributed by atoms with E-state index in [1.54, 1.807) is 12.7 Å². The first-order valence-electron chi connectivity index (χ1n) is 9.26. The van der Waals surface area contributed by atoms with E-state index in [1.807, 2.05) is 0 Å². The molecule has 2 atom stereocenters. The largest absolute Gasteiger partial charge is 0.495 e. The summed E-state index contributed by atoms with van der Waals surface area (Å²) in [6, 6.07) is 16.9. The first kappa shape index (κ1) is 16.3. The topological polar surface area (TPSA) is 21.3 Å². The minimum atomic E-state index is 0.474. The molecule has 3 aliphatic rings. The Kier molecular flexibility index (Phi) is 4.07. The highest BCUT2D eigenvalue weighted by molar-refractivity contribution is 5.72. The maximum Gasteiger partial charge on any atom is 0.141 e. The summed E-state index contributed by atoms with van der Waals surface area (Å²) in [7, 11) is 1.74. The zero-order valence-electron chi connectivity index (χ0n) is 15.4. The van der Waals surface area contributed by atoms with E-state index in [2.05, 4.69) is 73.8 Å². The summed E-state index contributed by atoms with van der Waals surface area (Å²) in [6.45, 7) is 5.76. The number of nitrogens with one attached hydrogen (secondary N) is 1. The Morgan fingerprint density at radius 1 is 1.08 bits per heavy atom. The third kappa shape index (κ3) is 2.84. The zero-order valence-corrected chi connectivity index (χ0v) is 15.4. The van der Waals surface area contributed by atoms with Crippen molar-refractivity contribution >= 4 is 5.69 Å². The van der Waals surface area contributed by atoms with Crippen LogP contribution in [0.5, 0.6) is 5.75 Å². The van der Waals surface area contributed by atoms with E-state index in [0.29, 0.717) is 5.41 Å². The molecule has 0 aliphatic heterocycles. The van der Waals surface area contributed by atoms with Gasteiger partial charge in [0, 0.05) is 6.54 Å². The molecule has 2 aromatic rings. The van der Waals surface area contributed by atoms with Gasteiger partial charge in [0.05, 0.1) is 12.8 Å². The van der Waals surface area contributed by atoms with Crippen molar-refractivity contribution in [3.63, 3.8) is 0 Å². The molecule has 5 rings (SSSR count). The van der Waals surface area contributed by atoms with Gasteiger partial charge in [-0.1, -0.05) is 61.9 Å². The maximum absolute atomic E-state index is 5.57. The molecular weight excluding hydrogens is 306 g/mol. The third-order valence-corrected chi connectivity index (χ3v) is 6.37. The number of allylic oxidation sites excluding steroid dienone is 1. The van der Waals surface area contributed by atoms with Crippen molar-refractivity contribution in [1.82, 2.24) is 0 Å². The van der Waals surface area contributed by atoms with Crippen LogP contribution in [-0.2, 0) is 0 Å². The number of ether oxygens (including phenoxy) is 1. The first-order chi connectivity index (χ1) is 12.1. The third-order valence-electron chi connectivity index (χ3n) is 6.37. The summed E-state index contributed by atoms with van der Waals surface area (Å²) in [5, 5.41) is 3.64. The van der Waals surface area contributed by atoms with Gasteiger partial charge in [0.2, 0.25) is 0 Å². The Morgan fingerprint density at radius 2 is 1.88 bits per heavy atom. The van der Waals surface area contributed by atoms with Crippen LogP contribution in [0.1, 0.15) is 26.7 Å². The fourth-order valence-corrected chi connectivity index (χ4v) is 4.53. The van der Waals surface area contributed by atoms with Crippen molar-refractivity contribution in [1.29, 1.82) is 0 Å². The highest BCUT2D eigenvalue weighted by atomic mass is 16.5. The van der Waals surface area contributed by atoms with Crippen LogP contribution in [0.15, 0.2) is 60.2 Å². The minimum absolute atomic E-state index is 0.474. The Balaban J connectivity index is 1.55. The zero-order chi connectivity index (χ0) is 17.4. The van der Waals surface area contributed by atoms with Gasteiger partial charge in [0.15, 0.2) is 0 Å². The van der Waals surface area contributed by atoms with E-state index in [-0.39, 0.29) is 0 Å². The molecule has 1 saturated carbocycles. The lowest BCUT2D eigenvalue weighted by atomic mass is 9.49. The number of rotatable bonds is 5. The maximum atomic E-state index is 5.57.